The molecule has 1 heterocycles. The van der Waals surface area contributed by atoms with E-state index >= 15 is 0 Å². The number of para-hydroxylation sites is 1. The Morgan fingerprint density at radius 3 is 2.52 bits per heavy atom. The zero-order chi connectivity index (χ0) is 18.3. The first-order valence-corrected chi connectivity index (χ1v) is 9.09. The Kier molecular flexibility index (Phi) is 7.23. The summed E-state index contributed by atoms with van der Waals surface area (Å²) in [6.45, 7) is 7.46. The van der Waals surface area contributed by atoms with Crippen molar-refractivity contribution in [2.45, 2.75) is 38.3 Å². The number of carbonyl (C=O) groups excluding carboxylic acids is 1. The molecule has 0 aromatic heterocycles. The Bertz CT molecular complexity index is 528. The fourth-order valence-electron chi connectivity index (χ4n) is 3.18. The first kappa shape index (κ1) is 19.7. The van der Waals surface area contributed by atoms with Crippen molar-refractivity contribution in [2.75, 3.05) is 39.3 Å². The summed E-state index contributed by atoms with van der Waals surface area (Å²) in [6, 6.07) is 9.48. The maximum atomic E-state index is 12.5. The lowest BCUT2D eigenvalue weighted by Gasteiger charge is -2.39. The van der Waals surface area contributed by atoms with Gasteiger partial charge in [0.15, 0.2) is 0 Å². The molecule has 1 saturated heterocycles. The number of ether oxygens (including phenoxy) is 1. The van der Waals surface area contributed by atoms with Gasteiger partial charge in [-0.15, -0.1) is 0 Å². The molecule has 140 valence electrons. The number of amides is 1. The van der Waals surface area contributed by atoms with Crippen molar-refractivity contribution in [1.82, 2.24) is 9.80 Å². The minimum atomic E-state index is -0.778. The summed E-state index contributed by atoms with van der Waals surface area (Å²) in [6.07, 6.45) is 1.04. The highest BCUT2D eigenvalue weighted by Gasteiger charge is 2.33. The van der Waals surface area contributed by atoms with Crippen LogP contribution in [0.4, 0.5) is 0 Å². The standard InChI is InChI=1S/C19H31N3O3/c1-3-9-19(2,20)18(24)22-12-10-21(11-13-22)14-16(23)15-25-17-7-5-4-6-8-17/h4-8,16,23H,3,9-15,20H2,1-2H3. The molecule has 2 unspecified atom stereocenters. The van der Waals surface area contributed by atoms with Gasteiger partial charge in [0.25, 0.3) is 0 Å². The van der Waals surface area contributed by atoms with Gasteiger partial charge in [-0.25, -0.2) is 0 Å². The van der Waals surface area contributed by atoms with Gasteiger partial charge in [0, 0.05) is 32.7 Å². The number of nitrogens with two attached hydrogens (primary N) is 1. The third-order valence-corrected chi connectivity index (χ3v) is 4.57. The Labute approximate surface area is 150 Å². The average Bonchev–Trinajstić information content (AvgIpc) is 2.61. The zero-order valence-corrected chi connectivity index (χ0v) is 15.4. The second kappa shape index (κ2) is 9.17. The smallest absolute Gasteiger partial charge is 0.242 e. The lowest BCUT2D eigenvalue weighted by atomic mass is 9.95. The van der Waals surface area contributed by atoms with Crippen LogP contribution in [0.5, 0.6) is 5.75 Å². The van der Waals surface area contributed by atoms with Crippen LogP contribution in [0.2, 0.25) is 0 Å². The predicted octanol–water partition coefficient (Wildman–Crippen LogP) is 1.09. The molecule has 0 spiro atoms. The molecule has 6 heteroatoms. The van der Waals surface area contributed by atoms with Crippen molar-refractivity contribution in [3.05, 3.63) is 30.3 Å². The molecule has 3 N–H and O–H groups in total. The van der Waals surface area contributed by atoms with Crippen LogP contribution in [0.3, 0.4) is 0 Å². The van der Waals surface area contributed by atoms with Gasteiger partial charge in [-0.3, -0.25) is 9.69 Å². The molecule has 6 nitrogen and oxygen atoms in total. The monoisotopic (exact) mass is 349 g/mol. The normalized spacial score (nSPS) is 19.3. The minimum absolute atomic E-state index is 0.0296. The Morgan fingerprint density at radius 2 is 1.92 bits per heavy atom. The summed E-state index contributed by atoms with van der Waals surface area (Å²) in [7, 11) is 0. The van der Waals surface area contributed by atoms with Gasteiger partial charge < -0.3 is 20.5 Å². The zero-order valence-electron chi connectivity index (χ0n) is 15.4. The lowest BCUT2D eigenvalue weighted by Crippen LogP contribution is -2.58. The van der Waals surface area contributed by atoms with E-state index in [1.165, 1.54) is 0 Å². The van der Waals surface area contributed by atoms with E-state index < -0.39 is 11.6 Å². The quantitative estimate of drug-likeness (QED) is 0.734. The SMILES string of the molecule is CCCC(C)(N)C(=O)N1CCN(CC(O)COc2ccccc2)CC1. The van der Waals surface area contributed by atoms with E-state index in [2.05, 4.69) is 4.90 Å². The number of piperazine rings is 1. The molecule has 0 bridgehead atoms. The summed E-state index contributed by atoms with van der Waals surface area (Å²) in [5, 5.41) is 10.2. The van der Waals surface area contributed by atoms with Crippen LogP contribution < -0.4 is 10.5 Å². The van der Waals surface area contributed by atoms with E-state index in [0.29, 0.717) is 26.1 Å². The molecule has 0 aliphatic carbocycles. The number of carbonyl (C=O) groups is 1. The lowest BCUT2D eigenvalue weighted by molar-refractivity contribution is -0.138. The highest BCUT2D eigenvalue weighted by atomic mass is 16.5. The summed E-state index contributed by atoms with van der Waals surface area (Å²) >= 11 is 0. The Hall–Kier alpha value is -1.63. The van der Waals surface area contributed by atoms with Crippen LogP contribution in [0, 0.1) is 0 Å². The third-order valence-electron chi connectivity index (χ3n) is 4.57. The first-order valence-electron chi connectivity index (χ1n) is 9.09. The number of rotatable bonds is 8. The number of β-amino-alcohol motifs (C(OH)–C–C–N with tert-alkyl or cyclic N) is 1. The van der Waals surface area contributed by atoms with E-state index in [-0.39, 0.29) is 12.5 Å². The average molecular weight is 349 g/mol. The number of hydrogen-bond donors (Lipinski definition) is 2. The van der Waals surface area contributed by atoms with Crippen LogP contribution in [0.15, 0.2) is 30.3 Å². The topological polar surface area (TPSA) is 79.0 Å². The molecule has 1 aliphatic rings. The predicted molar refractivity (Wildman–Crippen MR) is 98.5 cm³/mol. The molecule has 2 atom stereocenters. The van der Waals surface area contributed by atoms with E-state index in [4.69, 9.17) is 10.5 Å². The van der Waals surface area contributed by atoms with Gasteiger partial charge in [0.2, 0.25) is 5.91 Å². The number of aliphatic hydroxyl groups is 1. The molecule has 0 saturated carbocycles. The number of nitrogens with zero attached hydrogens (tertiary/aromatic N) is 2. The largest absolute Gasteiger partial charge is 0.491 e. The van der Waals surface area contributed by atoms with Crippen LogP contribution in [-0.2, 0) is 4.79 Å². The second-order valence-electron chi connectivity index (χ2n) is 7.04. The van der Waals surface area contributed by atoms with E-state index in [1.54, 1.807) is 0 Å². The third kappa shape index (κ3) is 5.99. The maximum Gasteiger partial charge on any atom is 0.242 e. The summed E-state index contributed by atoms with van der Waals surface area (Å²) in [5.74, 6) is 0.789. The highest BCUT2D eigenvalue weighted by Crippen LogP contribution is 2.15. The van der Waals surface area contributed by atoms with Crippen molar-refractivity contribution in [3.63, 3.8) is 0 Å². The molecule has 1 aliphatic heterocycles. The van der Waals surface area contributed by atoms with Crippen LogP contribution in [0.25, 0.3) is 0 Å². The molecule has 1 aromatic carbocycles. The van der Waals surface area contributed by atoms with Gasteiger partial charge >= 0.3 is 0 Å². The Morgan fingerprint density at radius 1 is 1.28 bits per heavy atom. The van der Waals surface area contributed by atoms with Gasteiger partial charge in [-0.1, -0.05) is 31.5 Å². The van der Waals surface area contributed by atoms with Gasteiger partial charge in [0.05, 0.1) is 5.54 Å². The van der Waals surface area contributed by atoms with Crippen LogP contribution >= 0.6 is 0 Å². The van der Waals surface area contributed by atoms with Gasteiger partial charge in [-0.05, 0) is 25.5 Å². The molecule has 1 amide bonds. The summed E-state index contributed by atoms with van der Waals surface area (Å²) < 4.78 is 5.58. The van der Waals surface area contributed by atoms with E-state index in [9.17, 15) is 9.90 Å². The summed E-state index contributed by atoms with van der Waals surface area (Å²) in [5.41, 5.74) is 5.37. The molecule has 25 heavy (non-hydrogen) atoms. The summed E-state index contributed by atoms with van der Waals surface area (Å²) in [4.78, 5) is 16.5. The molecular formula is C19H31N3O3. The maximum absolute atomic E-state index is 12.5. The minimum Gasteiger partial charge on any atom is -0.491 e. The van der Waals surface area contributed by atoms with Gasteiger partial charge in [0.1, 0.15) is 18.5 Å². The molecule has 1 fully saturated rings. The van der Waals surface area contributed by atoms with Crippen LogP contribution in [-0.4, -0.2) is 71.8 Å². The molecular weight excluding hydrogens is 318 g/mol. The highest BCUT2D eigenvalue weighted by molar-refractivity contribution is 5.85. The van der Waals surface area contributed by atoms with Crippen molar-refractivity contribution >= 4 is 5.91 Å². The fourth-order valence-corrected chi connectivity index (χ4v) is 3.18. The molecule has 2 rings (SSSR count). The Balaban J connectivity index is 1.72. The van der Waals surface area contributed by atoms with Crippen molar-refractivity contribution in [2.24, 2.45) is 5.73 Å². The van der Waals surface area contributed by atoms with E-state index in [0.717, 1.165) is 25.3 Å². The van der Waals surface area contributed by atoms with Crippen LogP contribution in [0.1, 0.15) is 26.7 Å². The number of benzene rings is 1. The van der Waals surface area contributed by atoms with E-state index in [1.807, 2.05) is 49.1 Å². The molecule has 0 radical (unpaired) electrons. The number of aliphatic hydroxyl groups excluding tert-OH is 1. The fraction of sp³-hybridized carbons (Fsp3) is 0.632. The van der Waals surface area contributed by atoms with Crippen molar-refractivity contribution in [3.8, 4) is 5.75 Å². The number of hydrogen-bond acceptors (Lipinski definition) is 5. The first-order chi connectivity index (χ1) is 11.9. The molecule has 1 aromatic rings. The van der Waals surface area contributed by atoms with Crippen molar-refractivity contribution in [1.29, 1.82) is 0 Å². The second-order valence-corrected chi connectivity index (χ2v) is 7.04. The van der Waals surface area contributed by atoms with Gasteiger partial charge in [-0.2, -0.15) is 0 Å². The van der Waals surface area contributed by atoms with Crippen molar-refractivity contribution < 1.29 is 14.6 Å².